The standard InChI is InChI=1S/C15H16N4O5/c20-5-10-12(21)13(22)15(24-10)19-7-18-11-9(16-6-17-14(11)19)4-8-2-1-3-23-8/h1-3,6-7,10,12-13,15,20-22H,4-5H2/t10-,12-,13+,15-/m1/s1. The zero-order chi connectivity index (χ0) is 16.7. The second-order valence-electron chi connectivity index (χ2n) is 5.63. The van der Waals surface area contributed by atoms with Crippen LogP contribution in [0.3, 0.4) is 0 Å². The van der Waals surface area contributed by atoms with E-state index >= 15 is 0 Å². The van der Waals surface area contributed by atoms with E-state index in [9.17, 15) is 15.3 Å². The van der Waals surface area contributed by atoms with Crippen LogP contribution in [-0.2, 0) is 11.2 Å². The van der Waals surface area contributed by atoms with Crippen molar-refractivity contribution >= 4 is 11.2 Å². The van der Waals surface area contributed by atoms with Crippen LogP contribution in [0, 0.1) is 0 Å². The smallest absolute Gasteiger partial charge is 0.165 e. The molecule has 0 saturated carbocycles. The first kappa shape index (κ1) is 15.2. The summed E-state index contributed by atoms with van der Waals surface area (Å²) in [5.74, 6) is 0.748. The number of ether oxygens (including phenoxy) is 1. The summed E-state index contributed by atoms with van der Waals surface area (Å²) >= 11 is 0. The molecule has 1 aliphatic heterocycles. The Labute approximate surface area is 136 Å². The summed E-state index contributed by atoms with van der Waals surface area (Å²) in [7, 11) is 0. The van der Waals surface area contributed by atoms with Gasteiger partial charge in [0.05, 0.1) is 31.3 Å². The number of nitrogens with zero attached hydrogens (tertiary/aromatic N) is 4. The van der Waals surface area contributed by atoms with Gasteiger partial charge in [0.1, 0.15) is 35.9 Å². The maximum Gasteiger partial charge on any atom is 0.165 e. The van der Waals surface area contributed by atoms with E-state index in [0.717, 1.165) is 5.76 Å². The number of hydrogen-bond acceptors (Lipinski definition) is 8. The highest BCUT2D eigenvalue weighted by atomic mass is 16.6. The summed E-state index contributed by atoms with van der Waals surface area (Å²) in [6.07, 6.45) is 0.820. The van der Waals surface area contributed by atoms with Crippen LogP contribution in [-0.4, -0.2) is 59.8 Å². The average molecular weight is 332 g/mol. The molecule has 0 spiro atoms. The van der Waals surface area contributed by atoms with Crippen LogP contribution in [0.4, 0.5) is 0 Å². The van der Waals surface area contributed by atoms with Crippen LogP contribution < -0.4 is 0 Å². The quantitative estimate of drug-likeness (QED) is 0.590. The molecule has 3 aromatic rings. The molecule has 3 N–H and O–H groups in total. The third kappa shape index (κ3) is 2.38. The summed E-state index contributed by atoms with van der Waals surface area (Å²) in [4.78, 5) is 12.8. The molecule has 9 heteroatoms. The van der Waals surface area contributed by atoms with Crippen molar-refractivity contribution in [2.24, 2.45) is 0 Å². The summed E-state index contributed by atoms with van der Waals surface area (Å²) in [5, 5.41) is 29.3. The molecule has 1 saturated heterocycles. The lowest BCUT2D eigenvalue weighted by Crippen LogP contribution is -2.33. The predicted octanol–water partition coefficient (Wildman–Crippen LogP) is -0.378. The molecule has 0 aliphatic carbocycles. The SMILES string of the molecule is OC[C@H]1O[C@@H](n2cnc3c(Cc4ccco4)ncnc32)[C@@H](O)[C@@H]1O. The molecule has 0 bridgehead atoms. The first-order valence-corrected chi connectivity index (χ1v) is 7.50. The third-order valence-electron chi connectivity index (χ3n) is 4.15. The van der Waals surface area contributed by atoms with Gasteiger partial charge in [0.25, 0.3) is 0 Å². The molecule has 4 heterocycles. The van der Waals surface area contributed by atoms with Gasteiger partial charge in [-0.3, -0.25) is 4.57 Å². The number of aliphatic hydroxyl groups excluding tert-OH is 3. The maximum atomic E-state index is 10.2. The topological polar surface area (TPSA) is 127 Å². The molecule has 0 aromatic carbocycles. The second kappa shape index (κ2) is 5.95. The van der Waals surface area contributed by atoms with Crippen LogP contribution >= 0.6 is 0 Å². The molecule has 0 amide bonds. The van der Waals surface area contributed by atoms with Crippen molar-refractivity contribution in [3.63, 3.8) is 0 Å². The second-order valence-corrected chi connectivity index (χ2v) is 5.63. The number of rotatable bonds is 4. The molecular weight excluding hydrogens is 316 g/mol. The first-order chi connectivity index (χ1) is 11.7. The number of aromatic nitrogens is 4. The Balaban J connectivity index is 1.71. The lowest BCUT2D eigenvalue weighted by molar-refractivity contribution is -0.0511. The molecular formula is C15H16N4O5. The van der Waals surface area contributed by atoms with E-state index in [1.54, 1.807) is 12.3 Å². The fraction of sp³-hybridized carbons (Fsp3) is 0.400. The van der Waals surface area contributed by atoms with Crippen LogP contribution in [0.15, 0.2) is 35.5 Å². The first-order valence-electron chi connectivity index (χ1n) is 7.50. The number of fused-ring (bicyclic) bond motifs is 1. The van der Waals surface area contributed by atoms with Gasteiger partial charge in [-0.05, 0) is 12.1 Å². The molecule has 0 radical (unpaired) electrons. The summed E-state index contributed by atoms with van der Waals surface area (Å²) in [6, 6.07) is 3.64. The minimum Gasteiger partial charge on any atom is -0.469 e. The Morgan fingerprint density at radius 2 is 2.04 bits per heavy atom. The van der Waals surface area contributed by atoms with Crippen molar-refractivity contribution in [1.29, 1.82) is 0 Å². The lowest BCUT2D eigenvalue weighted by Gasteiger charge is -2.16. The van der Waals surface area contributed by atoms with Crippen molar-refractivity contribution in [3.05, 3.63) is 42.5 Å². The fourth-order valence-electron chi connectivity index (χ4n) is 2.90. The summed E-state index contributed by atoms with van der Waals surface area (Å²) in [6.45, 7) is -0.389. The minimum atomic E-state index is -1.19. The molecule has 1 aliphatic rings. The van der Waals surface area contributed by atoms with Gasteiger partial charge in [-0.1, -0.05) is 0 Å². The van der Waals surface area contributed by atoms with E-state index in [0.29, 0.717) is 23.3 Å². The number of furan rings is 1. The highest BCUT2D eigenvalue weighted by Crippen LogP contribution is 2.31. The Morgan fingerprint density at radius 1 is 1.17 bits per heavy atom. The van der Waals surface area contributed by atoms with Crippen LogP contribution in [0.2, 0.25) is 0 Å². The van der Waals surface area contributed by atoms with E-state index in [1.807, 2.05) is 6.07 Å². The van der Waals surface area contributed by atoms with Gasteiger partial charge < -0.3 is 24.5 Å². The van der Waals surface area contributed by atoms with E-state index in [4.69, 9.17) is 9.15 Å². The van der Waals surface area contributed by atoms with E-state index in [1.165, 1.54) is 17.2 Å². The number of aliphatic hydroxyl groups is 3. The van der Waals surface area contributed by atoms with Crippen LogP contribution in [0.25, 0.3) is 11.2 Å². The molecule has 0 unspecified atom stereocenters. The Bertz CT molecular complexity index is 834. The summed E-state index contributed by atoms with van der Waals surface area (Å²) in [5.41, 5.74) is 1.72. The fourth-order valence-corrected chi connectivity index (χ4v) is 2.90. The van der Waals surface area contributed by atoms with Gasteiger partial charge in [-0.2, -0.15) is 0 Å². The van der Waals surface area contributed by atoms with Gasteiger partial charge >= 0.3 is 0 Å². The lowest BCUT2D eigenvalue weighted by atomic mass is 10.1. The molecule has 3 aromatic heterocycles. The van der Waals surface area contributed by atoms with E-state index in [2.05, 4.69) is 15.0 Å². The van der Waals surface area contributed by atoms with Gasteiger partial charge in [0.15, 0.2) is 11.9 Å². The van der Waals surface area contributed by atoms with Crippen molar-refractivity contribution < 1.29 is 24.5 Å². The van der Waals surface area contributed by atoms with Crippen LogP contribution in [0.5, 0.6) is 0 Å². The predicted molar refractivity (Wildman–Crippen MR) is 79.8 cm³/mol. The summed E-state index contributed by atoms with van der Waals surface area (Å²) < 4.78 is 12.4. The van der Waals surface area contributed by atoms with Gasteiger partial charge in [-0.15, -0.1) is 0 Å². The highest BCUT2D eigenvalue weighted by molar-refractivity contribution is 5.73. The van der Waals surface area contributed by atoms with Crippen molar-refractivity contribution in [2.45, 2.75) is 31.0 Å². The molecule has 24 heavy (non-hydrogen) atoms. The minimum absolute atomic E-state index is 0.389. The third-order valence-corrected chi connectivity index (χ3v) is 4.15. The van der Waals surface area contributed by atoms with Gasteiger partial charge in [0, 0.05) is 0 Å². The highest BCUT2D eigenvalue weighted by Gasteiger charge is 2.44. The van der Waals surface area contributed by atoms with Crippen LogP contribution in [0.1, 0.15) is 17.7 Å². The number of hydrogen-bond donors (Lipinski definition) is 3. The molecule has 1 fully saturated rings. The van der Waals surface area contributed by atoms with Gasteiger partial charge in [0.2, 0.25) is 0 Å². The Morgan fingerprint density at radius 3 is 2.75 bits per heavy atom. The average Bonchev–Trinajstić information content (AvgIpc) is 3.30. The monoisotopic (exact) mass is 332 g/mol. The van der Waals surface area contributed by atoms with Crippen molar-refractivity contribution in [2.75, 3.05) is 6.61 Å². The molecule has 4 atom stereocenters. The van der Waals surface area contributed by atoms with E-state index in [-0.39, 0.29) is 6.61 Å². The number of imidazole rings is 1. The van der Waals surface area contributed by atoms with E-state index < -0.39 is 24.5 Å². The largest absolute Gasteiger partial charge is 0.469 e. The molecule has 4 rings (SSSR count). The normalized spacial score (nSPS) is 27.1. The zero-order valence-electron chi connectivity index (χ0n) is 12.6. The Hall–Kier alpha value is -2.33. The molecule has 126 valence electrons. The van der Waals surface area contributed by atoms with Crippen molar-refractivity contribution in [1.82, 2.24) is 19.5 Å². The zero-order valence-corrected chi connectivity index (χ0v) is 12.6. The molecule has 9 nitrogen and oxygen atoms in total. The van der Waals surface area contributed by atoms with Gasteiger partial charge in [-0.25, -0.2) is 15.0 Å². The maximum absolute atomic E-state index is 10.2. The van der Waals surface area contributed by atoms with Crippen molar-refractivity contribution in [3.8, 4) is 0 Å². The Kier molecular flexibility index (Phi) is 3.77.